The highest BCUT2D eigenvalue weighted by Crippen LogP contribution is 2.27. The van der Waals surface area contributed by atoms with Gasteiger partial charge in [-0.3, -0.25) is 4.98 Å². The number of nitrogen functional groups attached to an aromatic ring is 1. The molecule has 0 unspecified atom stereocenters. The minimum atomic E-state index is 0.366. The van der Waals surface area contributed by atoms with Crippen molar-refractivity contribution in [2.24, 2.45) is 0 Å². The highest BCUT2D eigenvalue weighted by molar-refractivity contribution is 6.31. The zero-order valence-corrected chi connectivity index (χ0v) is 8.07. The maximum absolute atomic E-state index is 5.90. The second kappa shape index (κ2) is 3.64. The monoisotopic (exact) mass is 205 g/mol. The van der Waals surface area contributed by atoms with Crippen LogP contribution < -0.4 is 5.73 Å². The fraction of sp³-hybridized carbons (Fsp3) is 0. The summed E-state index contributed by atoms with van der Waals surface area (Å²) in [5.74, 6) is 0. The third kappa shape index (κ3) is 1.54. The number of anilines is 1. The van der Waals surface area contributed by atoms with E-state index in [1.54, 1.807) is 18.5 Å². The molecular formula is C10H8ClN3. The molecule has 0 atom stereocenters. The summed E-state index contributed by atoms with van der Waals surface area (Å²) in [6, 6.07) is 7.42. The molecule has 0 radical (unpaired) electrons. The maximum Gasteiger partial charge on any atom is 0.155 e. The van der Waals surface area contributed by atoms with Gasteiger partial charge in [0.2, 0.25) is 0 Å². The van der Waals surface area contributed by atoms with Gasteiger partial charge < -0.3 is 5.73 Å². The van der Waals surface area contributed by atoms with Crippen molar-refractivity contribution in [3.05, 3.63) is 41.8 Å². The van der Waals surface area contributed by atoms with Crippen LogP contribution in [0.5, 0.6) is 0 Å². The van der Waals surface area contributed by atoms with Crippen molar-refractivity contribution in [3.8, 4) is 11.3 Å². The van der Waals surface area contributed by atoms with Crippen LogP contribution in [-0.4, -0.2) is 9.97 Å². The molecule has 0 amide bonds. The topological polar surface area (TPSA) is 51.8 Å². The number of hydrogen-bond donors (Lipinski definition) is 1. The van der Waals surface area contributed by atoms with Gasteiger partial charge in [-0.2, -0.15) is 0 Å². The van der Waals surface area contributed by atoms with Crippen molar-refractivity contribution in [1.29, 1.82) is 0 Å². The van der Waals surface area contributed by atoms with Gasteiger partial charge in [0.05, 0.1) is 0 Å². The lowest BCUT2D eigenvalue weighted by Crippen LogP contribution is -1.93. The summed E-state index contributed by atoms with van der Waals surface area (Å²) < 4.78 is 0. The average Bonchev–Trinajstić information content (AvgIpc) is 2.20. The Morgan fingerprint density at radius 3 is 2.50 bits per heavy atom. The van der Waals surface area contributed by atoms with E-state index in [0.29, 0.717) is 16.5 Å². The van der Waals surface area contributed by atoms with Gasteiger partial charge in [-0.1, -0.05) is 29.8 Å². The van der Waals surface area contributed by atoms with Crippen molar-refractivity contribution in [2.75, 3.05) is 5.73 Å². The average molecular weight is 206 g/mol. The van der Waals surface area contributed by atoms with Gasteiger partial charge in [-0.15, -0.1) is 0 Å². The Bertz CT molecular complexity index is 413. The molecule has 0 aliphatic heterocycles. The van der Waals surface area contributed by atoms with Crippen molar-refractivity contribution < 1.29 is 0 Å². The van der Waals surface area contributed by atoms with E-state index in [1.807, 2.05) is 18.2 Å². The number of halogens is 1. The van der Waals surface area contributed by atoms with Crippen molar-refractivity contribution in [3.63, 3.8) is 0 Å². The predicted octanol–water partition coefficient (Wildman–Crippen LogP) is 2.38. The zero-order valence-electron chi connectivity index (χ0n) is 7.31. The maximum atomic E-state index is 5.90. The molecule has 1 aromatic carbocycles. The number of nitrogens with two attached hydrogens (primary N) is 1. The van der Waals surface area contributed by atoms with Crippen LogP contribution in [0.2, 0.25) is 5.15 Å². The molecule has 0 bridgehead atoms. The summed E-state index contributed by atoms with van der Waals surface area (Å²) in [5.41, 5.74) is 7.87. The van der Waals surface area contributed by atoms with Gasteiger partial charge in [0.25, 0.3) is 0 Å². The summed E-state index contributed by atoms with van der Waals surface area (Å²) in [5, 5.41) is 0.366. The van der Waals surface area contributed by atoms with Crippen LogP contribution in [0.25, 0.3) is 11.3 Å². The van der Waals surface area contributed by atoms with Crippen LogP contribution in [0.15, 0.2) is 36.7 Å². The summed E-state index contributed by atoms with van der Waals surface area (Å²) in [7, 11) is 0. The molecule has 0 spiro atoms. The van der Waals surface area contributed by atoms with E-state index in [-0.39, 0.29) is 0 Å². The molecule has 1 aromatic heterocycles. The molecule has 14 heavy (non-hydrogen) atoms. The van der Waals surface area contributed by atoms with Crippen molar-refractivity contribution >= 4 is 17.3 Å². The van der Waals surface area contributed by atoms with Crippen LogP contribution in [0.3, 0.4) is 0 Å². The summed E-state index contributed by atoms with van der Waals surface area (Å²) >= 11 is 5.90. The minimum Gasteiger partial charge on any atom is -0.398 e. The number of aromatic nitrogens is 2. The summed E-state index contributed by atoms with van der Waals surface area (Å²) in [4.78, 5) is 8.08. The smallest absolute Gasteiger partial charge is 0.155 e. The van der Waals surface area contributed by atoms with Crippen LogP contribution in [0, 0.1) is 0 Å². The molecule has 2 rings (SSSR count). The van der Waals surface area contributed by atoms with Crippen molar-refractivity contribution in [2.45, 2.75) is 0 Å². The molecule has 3 nitrogen and oxygen atoms in total. The Morgan fingerprint density at radius 2 is 1.79 bits per heavy atom. The highest BCUT2D eigenvalue weighted by atomic mass is 35.5. The molecular weight excluding hydrogens is 198 g/mol. The number of nitrogens with zero attached hydrogens (tertiary/aromatic N) is 2. The van der Waals surface area contributed by atoms with Crippen molar-refractivity contribution in [1.82, 2.24) is 9.97 Å². The SMILES string of the molecule is Nc1ccccc1-c1nccnc1Cl. The van der Waals surface area contributed by atoms with E-state index in [0.717, 1.165) is 5.56 Å². The Balaban J connectivity index is 2.61. The van der Waals surface area contributed by atoms with E-state index in [2.05, 4.69) is 9.97 Å². The van der Waals surface area contributed by atoms with Crippen LogP contribution >= 0.6 is 11.6 Å². The normalized spacial score (nSPS) is 10.1. The quantitative estimate of drug-likeness (QED) is 0.728. The third-order valence-corrected chi connectivity index (χ3v) is 2.15. The molecule has 1 heterocycles. The summed E-state index contributed by atoms with van der Waals surface area (Å²) in [6.45, 7) is 0. The van der Waals surface area contributed by atoms with E-state index in [1.165, 1.54) is 0 Å². The van der Waals surface area contributed by atoms with Crippen LogP contribution in [0.1, 0.15) is 0 Å². The van der Waals surface area contributed by atoms with E-state index >= 15 is 0 Å². The van der Waals surface area contributed by atoms with E-state index < -0.39 is 0 Å². The molecule has 2 aromatic rings. The Morgan fingerprint density at radius 1 is 1.07 bits per heavy atom. The molecule has 0 aliphatic carbocycles. The lowest BCUT2D eigenvalue weighted by Gasteiger charge is -2.04. The standard InChI is InChI=1S/C10H8ClN3/c11-10-9(13-5-6-14-10)7-3-1-2-4-8(7)12/h1-6H,12H2. The molecule has 4 heteroatoms. The lowest BCUT2D eigenvalue weighted by atomic mass is 10.1. The third-order valence-electron chi connectivity index (χ3n) is 1.87. The first-order valence-corrected chi connectivity index (χ1v) is 4.48. The van der Waals surface area contributed by atoms with E-state index in [4.69, 9.17) is 17.3 Å². The molecule has 0 fully saturated rings. The highest BCUT2D eigenvalue weighted by Gasteiger charge is 2.07. The van der Waals surface area contributed by atoms with Gasteiger partial charge in [-0.05, 0) is 6.07 Å². The van der Waals surface area contributed by atoms with Gasteiger partial charge >= 0.3 is 0 Å². The molecule has 70 valence electrons. The van der Waals surface area contributed by atoms with Gasteiger partial charge in [-0.25, -0.2) is 4.98 Å². The summed E-state index contributed by atoms with van der Waals surface area (Å²) in [6.07, 6.45) is 3.14. The number of rotatable bonds is 1. The Labute approximate surface area is 86.6 Å². The fourth-order valence-corrected chi connectivity index (χ4v) is 1.42. The van der Waals surface area contributed by atoms with Gasteiger partial charge in [0, 0.05) is 23.6 Å². The molecule has 0 saturated carbocycles. The van der Waals surface area contributed by atoms with E-state index in [9.17, 15) is 0 Å². The van der Waals surface area contributed by atoms with Crippen LogP contribution in [0.4, 0.5) is 5.69 Å². The fourth-order valence-electron chi connectivity index (χ4n) is 1.21. The first kappa shape index (κ1) is 8.97. The largest absolute Gasteiger partial charge is 0.398 e. The first-order valence-electron chi connectivity index (χ1n) is 4.10. The zero-order chi connectivity index (χ0) is 9.97. The van der Waals surface area contributed by atoms with Gasteiger partial charge in [0.1, 0.15) is 5.69 Å². The molecule has 0 aliphatic rings. The minimum absolute atomic E-state index is 0.366. The Hall–Kier alpha value is -1.61. The van der Waals surface area contributed by atoms with Crippen LogP contribution in [-0.2, 0) is 0 Å². The number of hydrogen-bond acceptors (Lipinski definition) is 3. The lowest BCUT2D eigenvalue weighted by molar-refractivity contribution is 1.21. The van der Waals surface area contributed by atoms with Gasteiger partial charge in [0.15, 0.2) is 5.15 Å². The number of benzene rings is 1. The first-order chi connectivity index (χ1) is 6.79. The Kier molecular flexibility index (Phi) is 2.33. The molecule has 0 saturated heterocycles. The predicted molar refractivity (Wildman–Crippen MR) is 56.9 cm³/mol. The molecule has 2 N–H and O–H groups in total. The second-order valence-electron chi connectivity index (χ2n) is 2.78. The second-order valence-corrected chi connectivity index (χ2v) is 3.14. The number of para-hydroxylation sites is 1.